The first-order valence-electron chi connectivity index (χ1n) is 6.88. The minimum Gasteiger partial charge on any atom is -0.389 e. The Hall–Kier alpha value is -0.600. The van der Waals surface area contributed by atoms with Crippen LogP contribution >= 0.6 is 0 Å². The summed E-state index contributed by atoms with van der Waals surface area (Å²) < 4.78 is 4.94. The molecule has 0 aromatic rings. The van der Waals surface area contributed by atoms with Gasteiger partial charge in [-0.15, -0.1) is 0 Å². The summed E-state index contributed by atoms with van der Waals surface area (Å²) in [6.45, 7) is 4.25. The number of hydrogen-bond donors (Lipinski definition) is 1. The topological polar surface area (TPSA) is 29.5 Å². The van der Waals surface area contributed by atoms with Crippen molar-refractivity contribution >= 4 is 0 Å². The normalized spacial score (nSPS) is 29.5. The Morgan fingerprint density at radius 1 is 1.00 bits per heavy atom. The highest BCUT2D eigenvalue weighted by Crippen LogP contribution is 2.14. The number of aliphatic hydroxyl groups is 1. The molecule has 0 spiro atoms. The molecule has 2 aliphatic carbocycles. The molecule has 0 saturated carbocycles. The molecule has 2 heteroatoms. The molecule has 17 heavy (non-hydrogen) atoms. The van der Waals surface area contributed by atoms with Crippen LogP contribution in [0.5, 0.6) is 0 Å². The summed E-state index contributed by atoms with van der Waals surface area (Å²) in [6.07, 6.45) is 15.5. The van der Waals surface area contributed by atoms with Crippen molar-refractivity contribution in [3.63, 3.8) is 0 Å². The van der Waals surface area contributed by atoms with Gasteiger partial charge in [-0.05, 0) is 44.4 Å². The second-order valence-electron chi connectivity index (χ2n) is 4.88. The second kappa shape index (κ2) is 9.43. The second-order valence-corrected chi connectivity index (χ2v) is 4.88. The summed E-state index contributed by atoms with van der Waals surface area (Å²) in [5.41, 5.74) is 0. The predicted octanol–water partition coefficient (Wildman–Crippen LogP) is 3.47. The van der Waals surface area contributed by atoms with Crippen molar-refractivity contribution in [3.8, 4) is 0 Å². The molecule has 0 amide bonds. The smallest absolute Gasteiger partial charge is 0.0723 e. The lowest BCUT2D eigenvalue weighted by atomic mass is 10.2. The van der Waals surface area contributed by atoms with E-state index in [0.29, 0.717) is 0 Å². The molecule has 1 N–H and O–H groups in total. The van der Waals surface area contributed by atoms with Gasteiger partial charge in [-0.25, -0.2) is 0 Å². The van der Waals surface area contributed by atoms with Crippen LogP contribution in [0.1, 0.15) is 45.4 Å². The van der Waals surface area contributed by atoms with Gasteiger partial charge in [0, 0.05) is 13.2 Å². The van der Waals surface area contributed by atoms with Gasteiger partial charge >= 0.3 is 0 Å². The summed E-state index contributed by atoms with van der Waals surface area (Å²) in [4.78, 5) is 0. The maximum Gasteiger partial charge on any atom is 0.0723 e. The van der Waals surface area contributed by atoms with Gasteiger partial charge in [0.1, 0.15) is 0 Å². The van der Waals surface area contributed by atoms with Crippen molar-refractivity contribution in [2.75, 3.05) is 13.2 Å². The highest BCUT2D eigenvalue weighted by molar-refractivity contribution is 4.96. The van der Waals surface area contributed by atoms with Gasteiger partial charge in [-0.2, -0.15) is 0 Å². The first kappa shape index (κ1) is 14.5. The maximum absolute atomic E-state index is 8.64. The minimum absolute atomic E-state index is 0.134. The fourth-order valence-electron chi connectivity index (χ4n) is 1.91. The van der Waals surface area contributed by atoms with E-state index in [9.17, 15) is 0 Å². The van der Waals surface area contributed by atoms with Crippen LogP contribution in [0.4, 0.5) is 0 Å². The van der Waals surface area contributed by atoms with E-state index in [1.165, 1.54) is 25.7 Å². The number of allylic oxidation sites excluding steroid dienone is 3. The van der Waals surface area contributed by atoms with Gasteiger partial charge < -0.3 is 9.84 Å². The molecule has 3 rings (SSSR count). The monoisotopic (exact) mass is 238 g/mol. The summed E-state index contributed by atoms with van der Waals surface area (Å²) in [6, 6.07) is 0. The lowest BCUT2D eigenvalue weighted by Crippen LogP contribution is -1.93. The first-order valence-corrected chi connectivity index (χ1v) is 6.88. The molecule has 1 heterocycles. The third-order valence-corrected chi connectivity index (χ3v) is 3.07. The molecule has 0 aromatic heterocycles. The van der Waals surface area contributed by atoms with Crippen LogP contribution in [0.15, 0.2) is 24.3 Å². The van der Waals surface area contributed by atoms with E-state index in [4.69, 9.17) is 9.84 Å². The predicted molar refractivity (Wildman–Crippen MR) is 72.0 cm³/mol. The largest absolute Gasteiger partial charge is 0.389 e. The van der Waals surface area contributed by atoms with Gasteiger partial charge in [-0.1, -0.05) is 31.2 Å². The molecular formula is C15H26O2. The highest BCUT2D eigenvalue weighted by atomic mass is 16.5. The minimum atomic E-state index is -0.134. The molecule has 1 aliphatic heterocycles. The zero-order chi connectivity index (χ0) is 12.3. The molecule has 2 nitrogen and oxygen atoms in total. The van der Waals surface area contributed by atoms with Crippen molar-refractivity contribution in [1.29, 1.82) is 0 Å². The maximum atomic E-state index is 8.64. The summed E-state index contributed by atoms with van der Waals surface area (Å²) in [5, 5.41) is 8.64. The summed E-state index contributed by atoms with van der Waals surface area (Å²) in [7, 11) is 0. The molecule has 1 saturated heterocycles. The van der Waals surface area contributed by atoms with E-state index in [0.717, 1.165) is 32.0 Å². The Kier molecular flexibility index (Phi) is 8.02. The Bertz CT molecular complexity index is 201. The first-order chi connectivity index (χ1) is 8.29. The molecule has 3 aliphatic rings. The van der Waals surface area contributed by atoms with Gasteiger partial charge in [0.25, 0.3) is 0 Å². The van der Waals surface area contributed by atoms with Crippen LogP contribution < -0.4 is 0 Å². The van der Waals surface area contributed by atoms with Crippen molar-refractivity contribution < 1.29 is 9.84 Å². The Labute approximate surface area is 105 Å². The van der Waals surface area contributed by atoms with Crippen molar-refractivity contribution in [3.05, 3.63) is 24.3 Å². The molecule has 1 fully saturated rings. The van der Waals surface area contributed by atoms with Crippen LogP contribution in [0.2, 0.25) is 0 Å². The number of hydrogen-bond acceptors (Lipinski definition) is 2. The molecule has 98 valence electrons. The average Bonchev–Trinajstić information content (AvgIpc) is 2.99. The quantitative estimate of drug-likeness (QED) is 0.655. The SMILES string of the molecule is C1CCOC1.CC1C=CCC1.OC1C=CCC1. The molecule has 0 bridgehead atoms. The van der Waals surface area contributed by atoms with E-state index in [1.54, 1.807) is 0 Å². The van der Waals surface area contributed by atoms with E-state index in [2.05, 4.69) is 19.1 Å². The molecule has 2 atom stereocenters. The number of ether oxygens (including phenoxy) is 1. The Morgan fingerprint density at radius 3 is 1.82 bits per heavy atom. The van der Waals surface area contributed by atoms with E-state index in [-0.39, 0.29) is 6.10 Å². The summed E-state index contributed by atoms with van der Waals surface area (Å²) in [5.74, 6) is 0.866. The third kappa shape index (κ3) is 8.17. The van der Waals surface area contributed by atoms with Gasteiger partial charge in [0.05, 0.1) is 6.10 Å². The van der Waals surface area contributed by atoms with Crippen LogP contribution in [0, 0.1) is 5.92 Å². The van der Waals surface area contributed by atoms with Crippen LogP contribution in [-0.4, -0.2) is 24.4 Å². The van der Waals surface area contributed by atoms with Crippen molar-refractivity contribution in [1.82, 2.24) is 0 Å². The van der Waals surface area contributed by atoms with E-state index >= 15 is 0 Å². The van der Waals surface area contributed by atoms with Crippen LogP contribution in [0.25, 0.3) is 0 Å². The van der Waals surface area contributed by atoms with E-state index < -0.39 is 0 Å². The molecule has 0 aromatic carbocycles. The van der Waals surface area contributed by atoms with Gasteiger partial charge in [0.2, 0.25) is 0 Å². The lowest BCUT2D eigenvalue weighted by Gasteiger charge is -1.89. The van der Waals surface area contributed by atoms with Gasteiger partial charge in [0.15, 0.2) is 0 Å². The number of aliphatic hydroxyl groups excluding tert-OH is 1. The van der Waals surface area contributed by atoms with Gasteiger partial charge in [-0.3, -0.25) is 0 Å². The zero-order valence-electron chi connectivity index (χ0n) is 11.0. The molecule has 0 radical (unpaired) electrons. The van der Waals surface area contributed by atoms with Crippen LogP contribution in [0.3, 0.4) is 0 Å². The van der Waals surface area contributed by atoms with E-state index in [1.807, 2.05) is 12.2 Å². The summed E-state index contributed by atoms with van der Waals surface area (Å²) >= 11 is 0. The average molecular weight is 238 g/mol. The fraction of sp³-hybridized carbons (Fsp3) is 0.733. The number of rotatable bonds is 0. The Morgan fingerprint density at radius 2 is 1.65 bits per heavy atom. The van der Waals surface area contributed by atoms with Crippen molar-refractivity contribution in [2.45, 2.75) is 51.6 Å². The molecule has 2 unspecified atom stereocenters. The fourth-order valence-corrected chi connectivity index (χ4v) is 1.91. The Balaban J connectivity index is 0.000000128. The van der Waals surface area contributed by atoms with Crippen molar-refractivity contribution in [2.24, 2.45) is 5.92 Å². The molecular weight excluding hydrogens is 212 g/mol. The zero-order valence-corrected chi connectivity index (χ0v) is 11.0. The lowest BCUT2D eigenvalue weighted by molar-refractivity contribution is 0.198. The highest BCUT2D eigenvalue weighted by Gasteiger charge is 2.01. The van der Waals surface area contributed by atoms with Crippen LogP contribution in [-0.2, 0) is 4.74 Å². The third-order valence-electron chi connectivity index (χ3n) is 3.07. The standard InChI is InChI=1S/C6H10.C5H8O.C4H8O/c1-6-4-2-3-5-6;6-5-3-1-2-4-5;1-2-4-5-3-1/h2,4,6H,3,5H2,1H3;1,3,5-6H,2,4H2;1-4H2.